The summed E-state index contributed by atoms with van der Waals surface area (Å²) in [6.07, 6.45) is 1.80. The number of hydrogen-bond acceptors (Lipinski definition) is 2. The number of nitrogens with one attached hydrogen (secondary N) is 2. The van der Waals surface area contributed by atoms with E-state index in [1.54, 1.807) is 6.08 Å². The second-order valence-corrected chi connectivity index (χ2v) is 4.04. The molecule has 0 aliphatic heterocycles. The molecular weight excluding hydrogens is 238 g/mol. The van der Waals surface area contributed by atoms with E-state index in [2.05, 4.69) is 22.2 Å². The van der Waals surface area contributed by atoms with Crippen LogP contribution in [0.3, 0.4) is 0 Å². The fourth-order valence-electron chi connectivity index (χ4n) is 1.54. The average molecular weight is 261 g/mol. The highest BCUT2D eigenvalue weighted by Gasteiger charge is 1.97. The third-order valence-corrected chi connectivity index (χ3v) is 2.47. The molecule has 1 aromatic carbocycles. The van der Waals surface area contributed by atoms with Crippen LogP contribution in [0, 0.1) is 6.92 Å². The summed E-state index contributed by atoms with van der Waals surface area (Å²) in [5, 5.41) is 6.31. The van der Waals surface area contributed by atoms with Crippen molar-refractivity contribution in [2.24, 2.45) is 4.99 Å². The van der Waals surface area contributed by atoms with Gasteiger partial charge in [-0.3, -0.25) is 0 Å². The molecular formula is C15H23N3O. The van der Waals surface area contributed by atoms with Gasteiger partial charge in [0.15, 0.2) is 5.96 Å². The van der Waals surface area contributed by atoms with E-state index in [1.807, 2.05) is 38.1 Å². The molecule has 2 N–H and O–H groups in total. The van der Waals surface area contributed by atoms with Crippen molar-refractivity contribution in [2.45, 2.75) is 13.8 Å². The highest BCUT2D eigenvalue weighted by molar-refractivity contribution is 5.79. The molecule has 0 unspecified atom stereocenters. The van der Waals surface area contributed by atoms with E-state index in [1.165, 1.54) is 0 Å². The predicted octanol–water partition coefficient (Wildman–Crippen LogP) is 2.11. The first-order valence-electron chi connectivity index (χ1n) is 6.59. The normalized spacial score (nSPS) is 10.9. The van der Waals surface area contributed by atoms with E-state index in [4.69, 9.17) is 4.74 Å². The Balaban J connectivity index is 2.38. The number of benzene rings is 1. The SMILES string of the molecule is C=CCNC(=NCCOc1ccccc1C)NCC. The molecule has 0 saturated carbocycles. The van der Waals surface area contributed by atoms with Gasteiger partial charge in [0.25, 0.3) is 0 Å². The summed E-state index contributed by atoms with van der Waals surface area (Å²) in [5.41, 5.74) is 1.14. The molecule has 0 aliphatic carbocycles. The Morgan fingerprint density at radius 3 is 2.84 bits per heavy atom. The number of rotatable bonds is 7. The maximum atomic E-state index is 5.69. The number of hydrogen-bond donors (Lipinski definition) is 2. The molecule has 4 nitrogen and oxygen atoms in total. The lowest BCUT2D eigenvalue weighted by Crippen LogP contribution is -2.37. The van der Waals surface area contributed by atoms with Crippen molar-refractivity contribution >= 4 is 5.96 Å². The molecule has 0 heterocycles. The molecule has 1 aromatic rings. The smallest absolute Gasteiger partial charge is 0.191 e. The van der Waals surface area contributed by atoms with Crippen LogP contribution in [0.2, 0.25) is 0 Å². The topological polar surface area (TPSA) is 45.7 Å². The molecule has 0 radical (unpaired) electrons. The molecule has 0 saturated heterocycles. The van der Waals surface area contributed by atoms with Gasteiger partial charge in [0.1, 0.15) is 12.4 Å². The van der Waals surface area contributed by atoms with Crippen LogP contribution in [-0.2, 0) is 0 Å². The van der Waals surface area contributed by atoms with Crippen molar-refractivity contribution in [2.75, 3.05) is 26.2 Å². The highest BCUT2D eigenvalue weighted by Crippen LogP contribution is 2.15. The molecule has 0 bridgehead atoms. The minimum absolute atomic E-state index is 0.565. The largest absolute Gasteiger partial charge is 0.491 e. The van der Waals surface area contributed by atoms with Crippen molar-refractivity contribution in [1.82, 2.24) is 10.6 Å². The minimum atomic E-state index is 0.565. The summed E-state index contributed by atoms with van der Waals surface area (Å²) >= 11 is 0. The van der Waals surface area contributed by atoms with Crippen molar-refractivity contribution in [3.63, 3.8) is 0 Å². The van der Waals surface area contributed by atoms with E-state index < -0.39 is 0 Å². The second-order valence-electron chi connectivity index (χ2n) is 4.04. The molecule has 19 heavy (non-hydrogen) atoms. The molecule has 104 valence electrons. The lowest BCUT2D eigenvalue weighted by molar-refractivity contribution is 0.326. The van der Waals surface area contributed by atoms with Crippen LogP contribution in [0.5, 0.6) is 5.75 Å². The van der Waals surface area contributed by atoms with Gasteiger partial charge in [-0.2, -0.15) is 0 Å². The molecule has 0 spiro atoms. The quantitative estimate of drug-likeness (QED) is 0.342. The summed E-state index contributed by atoms with van der Waals surface area (Å²) in [7, 11) is 0. The maximum Gasteiger partial charge on any atom is 0.191 e. The summed E-state index contributed by atoms with van der Waals surface area (Å²) in [5.74, 6) is 1.71. The van der Waals surface area contributed by atoms with Crippen molar-refractivity contribution in [3.8, 4) is 5.75 Å². The zero-order chi connectivity index (χ0) is 13.9. The van der Waals surface area contributed by atoms with Crippen molar-refractivity contribution in [3.05, 3.63) is 42.5 Å². The summed E-state index contributed by atoms with van der Waals surface area (Å²) < 4.78 is 5.69. The van der Waals surface area contributed by atoms with Crippen molar-refractivity contribution in [1.29, 1.82) is 0 Å². The summed E-state index contributed by atoms with van der Waals surface area (Å²) in [4.78, 5) is 4.42. The van der Waals surface area contributed by atoms with Crippen LogP contribution >= 0.6 is 0 Å². The van der Waals surface area contributed by atoms with Gasteiger partial charge in [-0.15, -0.1) is 6.58 Å². The first-order valence-corrected chi connectivity index (χ1v) is 6.59. The number of aryl methyl sites for hydroxylation is 1. The molecule has 0 aliphatic rings. The summed E-state index contributed by atoms with van der Waals surface area (Å²) in [6.45, 7) is 10.5. The third kappa shape index (κ3) is 5.95. The van der Waals surface area contributed by atoms with Crippen molar-refractivity contribution < 1.29 is 4.74 Å². The first-order chi connectivity index (χ1) is 9.27. The summed E-state index contributed by atoms with van der Waals surface area (Å²) in [6, 6.07) is 7.98. The van der Waals surface area contributed by atoms with Crippen LogP contribution in [0.4, 0.5) is 0 Å². The number of guanidine groups is 1. The van der Waals surface area contributed by atoms with E-state index in [9.17, 15) is 0 Å². The standard InChI is InChI=1S/C15H23N3O/c1-4-10-17-15(16-5-2)18-11-12-19-14-9-7-6-8-13(14)3/h4,6-9H,1,5,10-12H2,2-3H3,(H2,16,17,18). The Kier molecular flexibility index (Phi) is 7.17. The fourth-order valence-corrected chi connectivity index (χ4v) is 1.54. The van der Waals surface area contributed by atoms with Gasteiger partial charge >= 0.3 is 0 Å². The number of aliphatic imine (C=N–C) groups is 1. The van der Waals surface area contributed by atoms with E-state index in [-0.39, 0.29) is 0 Å². The number of nitrogens with zero attached hydrogens (tertiary/aromatic N) is 1. The van der Waals surface area contributed by atoms with Gasteiger partial charge in [0.2, 0.25) is 0 Å². The monoisotopic (exact) mass is 261 g/mol. The molecule has 0 fully saturated rings. The lowest BCUT2D eigenvalue weighted by atomic mass is 10.2. The lowest BCUT2D eigenvalue weighted by Gasteiger charge is -2.10. The van der Waals surface area contributed by atoms with Gasteiger partial charge < -0.3 is 15.4 Å². The van der Waals surface area contributed by atoms with Crippen LogP contribution in [0.15, 0.2) is 41.9 Å². The Morgan fingerprint density at radius 1 is 1.37 bits per heavy atom. The van der Waals surface area contributed by atoms with Gasteiger partial charge in [-0.05, 0) is 25.5 Å². The third-order valence-electron chi connectivity index (χ3n) is 2.47. The molecule has 4 heteroatoms. The van der Waals surface area contributed by atoms with Gasteiger partial charge in [-0.1, -0.05) is 24.3 Å². The van der Waals surface area contributed by atoms with E-state index in [0.717, 1.165) is 23.8 Å². The molecule has 0 atom stereocenters. The molecule has 1 rings (SSSR count). The van der Waals surface area contributed by atoms with Crippen LogP contribution in [0.1, 0.15) is 12.5 Å². The average Bonchev–Trinajstić information content (AvgIpc) is 2.42. The predicted molar refractivity (Wildman–Crippen MR) is 80.9 cm³/mol. The van der Waals surface area contributed by atoms with E-state index >= 15 is 0 Å². The number of ether oxygens (including phenoxy) is 1. The van der Waals surface area contributed by atoms with Gasteiger partial charge in [0, 0.05) is 13.1 Å². The zero-order valence-electron chi connectivity index (χ0n) is 11.8. The minimum Gasteiger partial charge on any atom is -0.491 e. The Hall–Kier alpha value is -1.97. The molecule has 0 amide bonds. The number of para-hydroxylation sites is 1. The maximum absolute atomic E-state index is 5.69. The van der Waals surface area contributed by atoms with E-state index in [0.29, 0.717) is 19.7 Å². The van der Waals surface area contributed by atoms with Crippen LogP contribution in [0.25, 0.3) is 0 Å². The zero-order valence-corrected chi connectivity index (χ0v) is 11.8. The fraction of sp³-hybridized carbons (Fsp3) is 0.400. The van der Waals surface area contributed by atoms with Crippen LogP contribution < -0.4 is 15.4 Å². The Labute approximate surface area is 115 Å². The Morgan fingerprint density at radius 2 is 2.16 bits per heavy atom. The van der Waals surface area contributed by atoms with Crippen LogP contribution in [-0.4, -0.2) is 32.2 Å². The highest BCUT2D eigenvalue weighted by atomic mass is 16.5. The molecule has 0 aromatic heterocycles. The Bertz CT molecular complexity index is 416. The van der Waals surface area contributed by atoms with Gasteiger partial charge in [-0.25, -0.2) is 4.99 Å². The first kappa shape index (κ1) is 15.1. The van der Waals surface area contributed by atoms with Gasteiger partial charge in [0.05, 0.1) is 6.54 Å². The second kappa shape index (κ2) is 9.03.